The van der Waals surface area contributed by atoms with Crippen LogP contribution in [0.2, 0.25) is 0 Å². The fraction of sp³-hybridized carbons (Fsp3) is 0.0455. The first-order valence-corrected chi connectivity index (χ1v) is 8.37. The van der Waals surface area contributed by atoms with Gasteiger partial charge in [-0.25, -0.2) is 4.98 Å². The summed E-state index contributed by atoms with van der Waals surface area (Å²) in [7, 11) is 0. The van der Waals surface area contributed by atoms with Crippen molar-refractivity contribution in [3.63, 3.8) is 0 Å². The summed E-state index contributed by atoms with van der Waals surface area (Å²) in [6.45, 7) is 0.494. The molecule has 0 aliphatic rings. The maximum absolute atomic E-state index is 9.81. The minimum absolute atomic E-state index is 0.412. The van der Waals surface area contributed by atoms with E-state index in [4.69, 9.17) is 4.42 Å². The Hall–Kier alpha value is -4.09. The lowest BCUT2D eigenvalue weighted by molar-refractivity contribution is 0.597. The number of nitriles is 2. The number of furan rings is 1. The third-order valence-electron chi connectivity index (χ3n) is 4.35. The number of imidazole rings is 1. The highest BCUT2D eigenvalue weighted by molar-refractivity contribution is 5.76. The molecule has 0 radical (unpaired) electrons. The molecule has 0 unspecified atom stereocenters. The van der Waals surface area contributed by atoms with Crippen LogP contribution < -0.4 is 0 Å². The molecule has 4 rings (SSSR count). The van der Waals surface area contributed by atoms with Gasteiger partial charge in [0, 0.05) is 24.5 Å². The van der Waals surface area contributed by atoms with Crippen LogP contribution in [-0.2, 0) is 6.54 Å². The van der Waals surface area contributed by atoms with Crippen molar-refractivity contribution >= 4 is 0 Å². The zero-order valence-electron chi connectivity index (χ0n) is 14.3. The van der Waals surface area contributed by atoms with Crippen LogP contribution in [0.3, 0.4) is 0 Å². The Bertz CT molecular complexity index is 1160. The number of hydrogen-bond donors (Lipinski definition) is 0. The normalized spacial score (nSPS) is 10.3. The van der Waals surface area contributed by atoms with E-state index in [1.807, 2.05) is 53.2 Å². The van der Waals surface area contributed by atoms with E-state index in [0.717, 1.165) is 11.1 Å². The number of benzene rings is 2. The molecular weight excluding hydrogens is 336 g/mol. The zero-order valence-corrected chi connectivity index (χ0v) is 14.3. The second-order valence-corrected chi connectivity index (χ2v) is 6.01. The summed E-state index contributed by atoms with van der Waals surface area (Å²) in [5, 5.41) is 19.4. The maximum atomic E-state index is 9.81. The van der Waals surface area contributed by atoms with Crippen molar-refractivity contribution in [3.8, 4) is 34.8 Å². The maximum Gasteiger partial charge on any atom is 0.137 e. The highest BCUT2D eigenvalue weighted by atomic mass is 16.3. The molecule has 0 N–H and O–H groups in total. The van der Waals surface area contributed by atoms with Gasteiger partial charge in [-0.1, -0.05) is 36.4 Å². The Morgan fingerprint density at radius 2 is 1.74 bits per heavy atom. The summed E-state index contributed by atoms with van der Waals surface area (Å²) in [6.07, 6.45) is 5.22. The molecule has 0 saturated carbocycles. The van der Waals surface area contributed by atoms with Gasteiger partial charge in [0.15, 0.2) is 0 Å². The standard InChI is InChI=1S/C22H14N4O/c23-12-17-6-7-18(14-26-11-10-25-15-26)19(13-24)22(17)21-9-8-20(27-21)16-4-2-1-3-5-16/h1-11,15H,14H2. The van der Waals surface area contributed by atoms with Crippen LogP contribution in [-0.4, -0.2) is 9.55 Å². The van der Waals surface area contributed by atoms with Gasteiger partial charge in [0.1, 0.15) is 17.6 Å². The van der Waals surface area contributed by atoms with Crippen molar-refractivity contribution in [1.29, 1.82) is 10.5 Å². The molecular formula is C22H14N4O. The van der Waals surface area contributed by atoms with Crippen LogP contribution in [0.25, 0.3) is 22.6 Å². The van der Waals surface area contributed by atoms with E-state index in [1.54, 1.807) is 24.7 Å². The van der Waals surface area contributed by atoms with Crippen LogP contribution in [0.1, 0.15) is 16.7 Å². The van der Waals surface area contributed by atoms with Crippen molar-refractivity contribution in [1.82, 2.24) is 9.55 Å². The number of rotatable bonds is 4. The highest BCUT2D eigenvalue weighted by Gasteiger charge is 2.19. The van der Waals surface area contributed by atoms with E-state index in [2.05, 4.69) is 17.1 Å². The van der Waals surface area contributed by atoms with Crippen molar-refractivity contribution in [2.75, 3.05) is 0 Å². The summed E-state index contributed by atoms with van der Waals surface area (Å²) < 4.78 is 7.89. The Balaban J connectivity index is 1.83. The van der Waals surface area contributed by atoms with Crippen LogP contribution >= 0.6 is 0 Å². The zero-order chi connectivity index (χ0) is 18.6. The van der Waals surface area contributed by atoms with Gasteiger partial charge in [-0.05, 0) is 23.8 Å². The number of aromatic nitrogens is 2. The molecule has 2 aromatic carbocycles. The Morgan fingerprint density at radius 3 is 2.44 bits per heavy atom. The minimum Gasteiger partial charge on any atom is -0.456 e. The fourth-order valence-corrected chi connectivity index (χ4v) is 3.06. The average molecular weight is 350 g/mol. The molecule has 0 amide bonds. The van der Waals surface area contributed by atoms with Gasteiger partial charge in [0.05, 0.1) is 29.1 Å². The lowest BCUT2D eigenvalue weighted by Crippen LogP contribution is -2.02. The largest absolute Gasteiger partial charge is 0.456 e. The number of nitrogens with zero attached hydrogens (tertiary/aromatic N) is 4. The Kier molecular flexibility index (Phi) is 4.27. The van der Waals surface area contributed by atoms with Crippen molar-refractivity contribution < 1.29 is 4.42 Å². The summed E-state index contributed by atoms with van der Waals surface area (Å²) in [5.74, 6) is 1.20. The molecule has 5 heteroatoms. The topological polar surface area (TPSA) is 78.5 Å². The third-order valence-corrected chi connectivity index (χ3v) is 4.35. The molecule has 0 atom stereocenters. The van der Waals surface area contributed by atoms with E-state index < -0.39 is 0 Å². The van der Waals surface area contributed by atoms with Crippen molar-refractivity contribution in [2.24, 2.45) is 0 Å². The molecule has 0 aliphatic carbocycles. The highest BCUT2D eigenvalue weighted by Crippen LogP contribution is 2.34. The van der Waals surface area contributed by atoms with Gasteiger partial charge in [0.25, 0.3) is 0 Å². The van der Waals surface area contributed by atoms with Crippen LogP contribution in [0.15, 0.2) is 77.7 Å². The van der Waals surface area contributed by atoms with Gasteiger partial charge in [-0.15, -0.1) is 0 Å². The quantitative estimate of drug-likeness (QED) is 0.539. The van der Waals surface area contributed by atoms with Crippen molar-refractivity contribution in [3.05, 3.63) is 90.0 Å². The van der Waals surface area contributed by atoms with Gasteiger partial charge < -0.3 is 8.98 Å². The SMILES string of the molecule is N#Cc1ccc(Cn2ccnc2)c(C#N)c1-c1ccc(-c2ccccc2)o1. The van der Waals surface area contributed by atoms with E-state index in [0.29, 0.717) is 34.8 Å². The molecule has 0 aliphatic heterocycles. The summed E-state index contributed by atoms with van der Waals surface area (Å²) in [5.41, 5.74) is 3.13. The minimum atomic E-state index is 0.412. The predicted molar refractivity (Wildman–Crippen MR) is 100 cm³/mol. The monoisotopic (exact) mass is 350 g/mol. The Labute approximate surface area is 156 Å². The Morgan fingerprint density at radius 1 is 0.926 bits per heavy atom. The molecule has 0 saturated heterocycles. The fourth-order valence-electron chi connectivity index (χ4n) is 3.06. The predicted octanol–water partition coefficient (Wildman–Crippen LogP) is 4.60. The molecule has 0 fully saturated rings. The summed E-state index contributed by atoms with van der Waals surface area (Å²) >= 11 is 0. The molecule has 5 nitrogen and oxygen atoms in total. The van der Waals surface area contributed by atoms with E-state index >= 15 is 0 Å². The first kappa shape index (κ1) is 16.4. The summed E-state index contributed by atoms with van der Waals surface area (Å²) in [6, 6.07) is 21.3. The summed E-state index contributed by atoms with van der Waals surface area (Å²) in [4.78, 5) is 4.03. The molecule has 27 heavy (non-hydrogen) atoms. The average Bonchev–Trinajstić information content (AvgIpc) is 3.40. The molecule has 128 valence electrons. The third kappa shape index (κ3) is 3.10. The second-order valence-electron chi connectivity index (χ2n) is 6.01. The van der Waals surface area contributed by atoms with Gasteiger partial charge >= 0.3 is 0 Å². The van der Waals surface area contributed by atoms with Crippen LogP contribution in [0, 0.1) is 22.7 Å². The molecule has 0 spiro atoms. The number of hydrogen-bond acceptors (Lipinski definition) is 4. The molecule has 2 heterocycles. The smallest absolute Gasteiger partial charge is 0.137 e. The molecule has 0 bridgehead atoms. The van der Waals surface area contributed by atoms with Gasteiger partial charge in [0.2, 0.25) is 0 Å². The lowest BCUT2D eigenvalue weighted by atomic mass is 9.95. The van der Waals surface area contributed by atoms with E-state index in [9.17, 15) is 10.5 Å². The molecule has 4 aromatic rings. The van der Waals surface area contributed by atoms with Crippen LogP contribution in [0.5, 0.6) is 0 Å². The van der Waals surface area contributed by atoms with E-state index in [1.165, 1.54) is 0 Å². The molecule has 2 aromatic heterocycles. The van der Waals surface area contributed by atoms with Gasteiger partial charge in [-0.2, -0.15) is 10.5 Å². The van der Waals surface area contributed by atoms with E-state index in [-0.39, 0.29) is 0 Å². The lowest BCUT2D eigenvalue weighted by Gasteiger charge is -2.10. The first-order valence-electron chi connectivity index (χ1n) is 8.37. The van der Waals surface area contributed by atoms with Crippen molar-refractivity contribution in [2.45, 2.75) is 6.54 Å². The second kappa shape index (κ2) is 7.03. The van der Waals surface area contributed by atoms with Crippen LogP contribution in [0.4, 0.5) is 0 Å². The van der Waals surface area contributed by atoms with Gasteiger partial charge in [-0.3, -0.25) is 0 Å². The first-order chi connectivity index (χ1) is 13.3.